The fourth-order valence-electron chi connectivity index (χ4n) is 2.98. The maximum atomic E-state index is 13.9. The molecule has 156 valence electrons. The van der Waals surface area contributed by atoms with E-state index in [1.165, 1.54) is 42.5 Å². The Balaban J connectivity index is 1.83. The lowest BCUT2D eigenvalue weighted by molar-refractivity contribution is 0.102. The lowest BCUT2D eigenvalue weighted by Gasteiger charge is -2.15. The molecule has 0 spiro atoms. The standard InChI is InChI=1S/C20H23FN2O5S/c1-2-27-19-10-9-15(29(25,26)22-13-14-6-5-11-28-14)12-18(19)23-20(24)16-7-3-4-8-17(16)21/h3-4,7-10,12,14,22H,2,5-6,11,13H2,1H3,(H,23,24)/t14-/m0/s1. The number of amides is 1. The molecule has 0 bridgehead atoms. The van der Waals surface area contributed by atoms with E-state index in [-0.39, 0.29) is 34.5 Å². The molecule has 1 saturated heterocycles. The Labute approximate surface area is 169 Å². The maximum Gasteiger partial charge on any atom is 0.258 e. The highest BCUT2D eigenvalue weighted by atomic mass is 32.2. The first-order valence-electron chi connectivity index (χ1n) is 9.34. The zero-order valence-electron chi connectivity index (χ0n) is 16.0. The molecule has 9 heteroatoms. The van der Waals surface area contributed by atoms with Crippen molar-refractivity contribution in [1.82, 2.24) is 4.72 Å². The Bertz CT molecular complexity index is 975. The summed E-state index contributed by atoms with van der Waals surface area (Å²) >= 11 is 0. The van der Waals surface area contributed by atoms with Gasteiger partial charge in [-0.25, -0.2) is 17.5 Å². The monoisotopic (exact) mass is 422 g/mol. The molecule has 0 aliphatic carbocycles. The molecule has 1 atom stereocenters. The summed E-state index contributed by atoms with van der Waals surface area (Å²) in [5.74, 6) is -1.09. The first-order chi connectivity index (χ1) is 13.9. The van der Waals surface area contributed by atoms with Crippen LogP contribution in [0.4, 0.5) is 10.1 Å². The molecule has 0 radical (unpaired) electrons. The van der Waals surface area contributed by atoms with Crippen LogP contribution in [0, 0.1) is 5.82 Å². The highest BCUT2D eigenvalue weighted by Crippen LogP contribution is 2.29. The van der Waals surface area contributed by atoms with Crippen LogP contribution >= 0.6 is 0 Å². The third-order valence-corrected chi connectivity index (χ3v) is 5.87. The minimum atomic E-state index is -3.82. The molecule has 1 amide bonds. The summed E-state index contributed by atoms with van der Waals surface area (Å²) in [6.45, 7) is 2.87. The van der Waals surface area contributed by atoms with E-state index < -0.39 is 21.7 Å². The van der Waals surface area contributed by atoms with Gasteiger partial charge in [0.25, 0.3) is 5.91 Å². The molecule has 1 heterocycles. The Morgan fingerprint density at radius 3 is 2.76 bits per heavy atom. The van der Waals surface area contributed by atoms with E-state index in [0.29, 0.717) is 13.2 Å². The molecule has 2 aromatic rings. The lowest BCUT2D eigenvalue weighted by atomic mass is 10.2. The molecule has 1 aliphatic rings. The molecule has 2 N–H and O–H groups in total. The van der Waals surface area contributed by atoms with Gasteiger partial charge in [-0.1, -0.05) is 12.1 Å². The predicted molar refractivity (Wildman–Crippen MR) is 106 cm³/mol. The second-order valence-corrected chi connectivity index (χ2v) is 8.28. The molecule has 0 saturated carbocycles. The highest BCUT2D eigenvalue weighted by Gasteiger charge is 2.22. The predicted octanol–water partition coefficient (Wildman–Crippen LogP) is 2.93. The van der Waals surface area contributed by atoms with Crippen LogP contribution in [0.5, 0.6) is 5.75 Å². The van der Waals surface area contributed by atoms with Crippen LogP contribution < -0.4 is 14.8 Å². The number of carbonyl (C=O) groups is 1. The number of benzene rings is 2. The largest absolute Gasteiger partial charge is 0.492 e. The van der Waals surface area contributed by atoms with Gasteiger partial charge in [-0.2, -0.15) is 0 Å². The van der Waals surface area contributed by atoms with Crippen molar-refractivity contribution in [2.24, 2.45) is 0 Å². The van der Waals surface area contributed by atoms with Crippen LogP contribution in [0.25, 0.3) is 0 Å². The summed E-state index contributed by atoms with van der Waals surface area (Å²) in [5, 5.41) is 2.54. The van der Waals surface area contributed by atoms with Crippen molar-refractivity contribution in [1.29, 1.82) is 0 Å². The summed E-state index contributed by atoms with van der Waals surface area (Å²) in [6.07, 6.45) is 1.56. The molecule has 29 heavy (non-hydrogen) atoms. The van der Waals surface area contributed by atoms with Gasteiger partial charge in [0.2, 0.25) is 10.0 Å². The quantitative estimate of drug-likeness (QED) is 0.682. The fourth-order valence-corrected chi connectivity index (χ4v) is 4.07. The van der Waals surface area contributed by atoms with E-state index >= 15 is 0 Å². The Morgan fingerprint density at radius 2 is 2.07 bits per heavy atom. The van der Waals surface area contributed by atoms with Crippen molar-refractivity contribution in [3.8, 4) is 5.75 Å². The molecule has 2 aromatic carbocycles. The van der Waals surface area contributed by atoms with Gasteiger partial charge in [-0.15, -0.1) is 0 Å². The van der Waals surface area contributed by atoms with Crippen LogP contribution in [-0.2, 0) is 14.8 Å². The number of halogens is 1. The Hall–Kier alpha value is -2.49. The number of hydrogen-bond donors (Lipinski definition) is 2. The number of ether oxygens (including phenoxy) is 2. The third kappa shape index (κ3) is 5.31. The van der Waals surface area contributed by atoms with Gasteiger partial charge in [0.15, 0.2) is 0 Å². The van der Waals surface area contributed by atoms with E-state index in [4.69, 9.17) is 9.47 Å². The van der Waals surface area contributed by atoms with Crippen LogP contribution in [0.15, 0.2) is 47.4 Å². The zero-order valence-corrected chi connectivity index (χ0v) is 16.8. The fraction of sp³-hybridized carbons (Fsp3) is 0.350. The van der Waals surface area contributed by atoms with Gasteiger partial charge in [-0.3, -0.25) is 4.79 Å². The third-order valence-electron chi connectivity index (χ3n) is 4.45. The molecule has 0 unspecified atom stereocenters. The van der Waals surface area contributed by atoms with Crippen LogP contribution in [0.3, 0.4) is 0 Å². The molecule has 0 aromatic heterocycles. The minimum absolute atomic E-state index is 0.0391. The van der Waals surface area contributed by atoms with Crippen molar-refractivity contribution in [3.63, 3.8) is 0 Å². The van der Waals surface area contributed by atoms with E-state index in [1.807, 2.05) is 0 Å². The van der Waals surface area contributed by atoms with Crippen LogP contribution in [0.2, 0.25) is 0 Å². The van der Waals surface area contributed by atoms with Gasteiger partial charge in [0.05, 0.1) is 28.9 Å². The normalized spacial score (nSPS) is 16.6. The molecule has 1 fully saturated rings. The molecular weight excluding hydrogens is 399 g/mol. The Kier molecular flexibility index (Phi) is 6.83. The van der Waals surface area contributed by atoms with E-state index in [9.17, 15) is 17.6 Å². The van der Waals surface area contributed by atoms with Gasteiger partial charge in [-0.05, 0) is 50.1 Å². The second-order valence-electron chi connectivity index (χ2n) is 6.51. The number of sulfonamides is 1. The average molecular weight is 422 g/mol. The van der Waals surface area contributed by atoms with Crippen LogP contribution in [0.1, 0.15) is 30.1 Å². The average Bonchev–Trinajstić information content (AvgIpc) is 3.22. The van der Waals surface area contributed by atoms with Crippen molar-refractivity contribution in [2.75, 3.05) is 25.1 Å². The molecular formula is C20H23FN2O5S. The summed E-state index contributed by atoms with van der Waals surface area (Å²) in [6, 6.07) is 9.68. The highest BCUT2D eigenvalue weighted by molar-refractivity contribution is 7.89. The second kappa shape index (κ2) is 9.34. The van der Waals surface area contributed by atoms with E-state index in [1.54, 1.807) is 6.92 Å². The lowest BCUT2D eigenvalue weighted by Crippen LogP contribution is -2.31. The van der Waals surface area contributed by atoms with Crippen LogP contribution in [-0.4, -0.2) is 40.2 Å². The molecule has 7 nitrogen and oxygen atoms in total. The SMILES string of the molecule is CCOc1ccc(S(=O)(=O)NC[C@@H]2CCCO2)cc1NC(=O)c1ccccc1F. The minimum Gasteiger partial charge on any atom is -0.492 e. The van der Waals surface area contributed by atoms with Crippen molar-refractivity contribution < 1.29 is 27.1 Å². The number of hydrogen-bond acceptors (Lipinski definition) is 5. The van der Waals surface area contributed by atoms with Gasteiger partial charge < -0.3 is 14.8 Å². The van der Waals surface area contributed by atoms with Gasteiger partial charge in [0.1, 0.15) is 11.6 Å². The summed E-state index contributed by atoms with van der Waals surface area (Å²) in [4.78, 5) is 12.4. The number of rotatable bonds is 8. The molecule has 3 rings (SSSR count). The summed E-state index contributed by atoms with van der Waals surface area (Å²) in [7, 11) is -3.82. The zero-order chi connectivity index (χ0) is 20.9. The van der Waals surface area contributed by atoms with Gasteiger partial charge in [0, 0.05) is 13.2 Å². The van der Waals surface area contributed by atoms with Crippen molar-refractivity contribution in [3.05, 3.63) is 53.8 Å². The Morgan fingerprint density at radius 1 is 1.28 bits per heavy atom. The van der Waals surface area contributed by atoms with E-state index in [0.717, 1.165) is 12.8 Å². The first kappa shape index (κ1) is 21.2. The smallest absolute Gasteiger partial charge is 0.258 e. The number of carbonyl (C=O) groups excluding carboxylic acids is 1. The van der Waals surface area contributed by atoms with Crippen molar-refractivity contribution in [2.45, 2.75) is 30.8 Å². The first-order valence-corrected chi connectivity index (χ1v) is 10.8. The summed E-state index contributed by atoms with van der Waals surface area (Å²) in [5.41, 5.74) is -0.0141. The topological polar surface area (TPSA) is 93.7 Å². The number of anilines is 1. The summed E-state index contributed by atoms with van der Waals surface area (Å²) < 4.78 is 52.6. The van der Waals surface area contributed by atoms with Gasteiger partial charge >= 0.3 is 0 Å². The van der Waals surface area contributed by atoms with E-state index in [2.05, 4.69) is 10.0 Å². The maximum absolute atomic E-state index is 13.9. The number of nitrogens with one attached hydrogen (secondary N) is 2. The molecule has 1 aliphatic heterocycles. The van der Waals surface area contributed by atoms with Crippen molar-refractivity contribution >= 4 is 21.6 Å².